The zero-order chi connectivity index (χ0) is 25.9. The maximum Gasteiger partial charge on any atom is 0.264 e. The Hall–Kier alpha value is -3.12. The van der Waals surface area contributed by atoms with Gasteiger partial charge in [-0.15, -0.1) is 0 Å². The molecule has 1 atom stereocenters. The number of carbonyl (C=O) groups excluding carboxylic acids is 1. The monoisotopic (exact) mass is 504 g/mol. The molecule has 0 unspecified atom stereocenters. The molecule has 5 nitrogen and oxygen atoms in total. The fourth-order valence-electron chi connectivity index (χ4n) is 4.90. The zero-order valence-corrected chi connectivity index (χ0v) is 22.5. The highest BCUT2D eigenvalue weighted by atomic mass is 32.2. The van der Waals surface area contributed by atoms with E-state index in [0.29, 0.717) is 5.69 Å². The molecule has 1 aliphatic rings. The molecule has 0 aliphatic heterocycles. The Balaban J connectivity index is 1.63. The van der Waals surface area contributed by atoms with Crippen LogP contribution < -0.4 is 9.62 Å². The van der Waals surface area contributed by atoms with E-state index in [1.807, 2.05) is 39.8 Å². The van der Waals surface area contributed by atoms with E-state index < -0.39 is 10.0 Å². The number of hydrogen-bond donors (Lipinski definition) is 1. The van der Waals surface area contributed by atoms with Gasteiger partial charge in [-0.05, 0) is 98.9 Å². The van der Waals surface area contributed by atoms with Crippen molar-refractivity contribution in [2.75, 3.05) is 10.8 Å². The third-order valence-electron chi connectivity index (χ3n) is 7.26. The number of anilines is 1. The lowest BCUT2D eigenvalue weighted by Crippen LogP contribution is -2.42. The molecule has 1 N–H and O–H groups in total. The lowest BCUT2D eigenvalue weighted by Gasteiger charge is -2.28. The number of carbonyl (C=O) groups is 1. The second-order valence-electron chi connectivity index (χ2n) is 9.81. The highest BCUT2D eigenvalue weighted by molar-refractivity contribution is 7.92. The van der Waals surface area contributed by atoms with Gasteiger partial charge in [0, 0.05) is 0 Å². The van der Waals surface area contributed by atoms with Crippen molar-refractivity contribution < 1.29 is 13.2 Å². The van der Waals surface area contributed by atoms with Gasteiger partial charge in [0.15, 0.2) is 0 Å². The molecule has 0 heterocycles. The van der Waals surface area contributed by atoms with Crippen molar-refractivity contribution in [2.45, 2.75) is 70.7 Å². The van der Waals surface area contributed by atoms with Gasteiger partial charge in [-0.25, -0.2) is 8.42 Å². The first-order valence-electron chi connectivity index (χ1n) is 12.8. The Labute approximate surface area is 215 Å². The molecular formula is C30H36N2O3S. The van der Waals surface area contributed by atoms with Crippen LogP contribution in [0.1, 0.15) is 65.6 Å². The van der Waals surface area contributed by atoms with E-state index in [1.165, 1.54) is 28.3 Å². The van der Waals surface area contributed by atoms with Crippen LogP contribution in [0.2, 0.25) is 0 Å². The van der Waals surface area contributed by atoms with E-state index in [-0.39, 0.29) is 23.4 Å². The van der Waals surface area contributed by atoms with Crippen LogP contribution in [-0.4, -0.2) is 20.9 Å². The highest BCUT2D eigenvalue weighted by Gasteiger charge is 2.29. The molecule has 190 valence electrons. The third kappa shape index (κ3) is 5.49. The maximum atomic E-state index is 13.8. The lowest BCUT2D eigenvalue weighted by atomic mass is 9.89. The Morgan fingerprint density at radius 1 is 0.944 bits per heavy atom. The van der Waals surface area contributed by atoms with Gasteiger partial charge in [0.2, 0.25) is 5.91 Å². The van der Waals surface area contributed by atoms with Gasteiger partial charge in [-0.3, -0.25) is 9.10 Å². The standard InChI is InChI=1S/C30H36N2O3S/c1-5-28(26-16-15-24-10-6-7-11-25(24)19-26)31-30(33)20-32(29-12-8-9-22(3)23(29)4)36(34,35)27-17-13-21(2)14-18-27/h8-9,12-19,28H,5-7,10-11,20H2,1-4H3,(H,31,33)/t28-/m1/s1. The van der Waals surface area contributed by atoms with E-state index >= 15 is 0 Å². The first kappa shape index (κ1) is 26.0. The summed E-state index contributed by atoms with van der Waals surface area (Å²) in [5.74, 6) is -0.323. The molecule has 36 heavy (non-hydrogen) atoms. The first-order chi connectivity index (χ1) is 17.2. The Morgan fingerprint density at radius 3 is 2.33 bits per heavy atom. The number of nitrogens with zero attached hydrogens (tertiary/aromatic N) is 1. The van der Waals surface area contributed by atoms with Gasteiger partial charge in [0.1, 0.15) is 6.54 Å². The average molecular weight is 505 g/mol. The topological polar surface area (TPSA) is 66.5 Å². The normalized spacial score (nSPS) is 14.1. The number of aryl methyl sites for hydroxylation is 4. The number of nitrogens with one attached hydrogen (secondary N) is 1. The summed E-state index contributed by atoms with van der Waals surface area (Å²) in [5, 5.41) is 3.11. The van der Waals surface area contributed by atoms with Crippen molar-refractivity contribution in [3.05, 3.63) is 94.0 Å². The second kappa shape index (κ2) is 10.9. The van der Waals surface area contributed by atoms with Gasteiger partial charge < -0.3 is 5.32 Å². The van der Waals surface area contributed by atoms with Crippen LogP contribution >= 0.6 is 0 Å². The summed E-state index contributed by atoms with van der Waals surface area (Å²) in [4.78, 5) is 13.5. The number of hydrogen-bond acceptors (Lipinski definition) is 3. The molecule has 6 heteroatoms. The zero-order valence-electron chi connectivity index (χ0n) is 21.7. The number of sulfonamides is 1. The van der Waals surface area contributed by atoms with Crippen molar-refractivity contribution in [3.63, 3.8) is 0 Å². The van der Waals surface area contributed by atoms with Crippen LogP contribution in [0.5, 0.6) is 0 Å². The summed E-state index contributed by atoms with van der Waals surface area (Å²) < 4.78 is 28.8. The summed E-state index contributed by atoms with van der Waals surface area (Å²) in [7, 11) is -3.95. The van der Waals surface area contributed by atoms with E-state index in [0.717, 1.165) is 41.5 Å². The fourth-order valence-corrected chi connectivity index (χ4v) is 6.38. The molecule has 0 fully saturated rings. The molecule has 4 rings (SSSR count). The highest BCUT2D eigenvalue weighted by Crippen LogP contribution is 2.30. The van der Waals surface area contributed by atoms with Crippen LogP contribution in [0, 0.1) is 20.8 Å². The lowest BCUT2D eigenvalue weighted by molar-refractivity contribution is -0.120. The molecule has 1 amide bonds. The van der Waals surface area contributed by atoms with E-state index in [1.54, 1.807) is 30.3 Å². The predicted octanol–water partition coefficient (Wildman–Crippen LogP) is 5.95. The molecule has 0 radical (unpaired) electrons. The largest absolute Gasteiger partial charge is 0.348 e. The number of amides is 1. The minimum Gasteiger partial charge on any atom is -0.348 e. The van der Waals surface area contributed by atoms with Crippen LogP contribution in [0.15, 0.2) is 65.6 Å². The van der Waals surface area contributed by atoms with Crippen LogP contribution in [0.4, 0.5) is 5.69 Å². The van der Waals surface area contributed by atoms with Crippen LogP contribution in [-0.2, 0) is 27.7 Å². The van der Waals surface area contributed by atoms with Gasteiger partial charge in [0.25, 0.3) is 10.0 Å². The minimum atomic E-state index is -3.95. The number of benzene rings is 3. The van der Waals surface area contributed by atoms with Crippen molar-refractivity contribution in [2.24, 2.45) is 0 Å². The molecule has 0 spiro atoms. The van der Waals surface area contributed by atoms with Crippen molar-refractivity contribution in [3.8, 4) is 0 Å². The van der Waals surface area contributed by atoms with Crippen LogP contribution in [0.25, 0.3) is 0 Å². The molecule has 0 saturated carbocycles. The summed E-state index contributed by atoms with van der Waals surface area (Å²) >= 11 is 0. The van der Waals surface area contributed by atoms with Crippen molar-refractivity contribution in [1.29, 1.82) is 0 Å². The molecule has 3 aromatic carbocycles. The predicted molar refractivity (Wildman–Crippen MR) is 146 cm³/mol. The van der Waals surface area contributed by atoms with Gasteiger partial charge in [-0.1, -0.05) is 55.0 Å². The van der Waals surface area contributed by atoms with Gasteiger partial charge in [-0.2, -0.15) is 0 Å². The van der Waals surface area contributed by atoms with Crippen molar-refractivity contribution >= 4 is 21.6 Å². The van der Waals surface area contributed by atoms with Gasteiger partial charge >= 0.3 is 0 Å². The molecule has 0 aromatic heterocycles. The van der Waals surface area contributed by atoms with Crippen molar-refractivity contribution in [1.82, 2.24) is 5.32 Å². The van der Waals surface area contributed by atoms with E-state index in [9.17, 15) is 13.2 Å². The Bertz CT molecular complexity index is 1350. The Kier molecular flexibility index (Phi) is 7.84. The molecule has 0 saturated heterocycles. The number of fused-ring (bicyclic) bond motifs is 1. The smallest absolute Gasteiger partial charge is 0.264 e. The quantitative estimate of drug-likeness (QED) is 0.412. The minimum absolute atomic E-state index is 0.170. The average Bonchev–Trinajstić information content (AvgIpc) is 2.87. The maximum absolute atomic E-state index is 13.8. The van der Waals surface area contributed by atoms with E-state index in [2.05, 4.69) is 23.5 Å². The van der Waals surface area contributed by atoms with Gasteiger partial charge in [0.05, 0.1) is 16.6 Å². The fraction of sp³-hybridized carbons (Fsp3) is 0.367. The summed E-state index contributed by atoms with van der Waals surface area (Å²) in [6.45, 7) is 7.50. The molecular weight excluding hydrogens is 468 g/mol. The molecule has 1 aliphatic carbocycles. The van der Waals surface area contributed by atoms with Crippen LogP contribution in [0.3, 0.4) is 0 Å². The summed E-state index contributed by atoms with van der Waals surface area (Å²) in [5.41, 5.74) is 7.14. The Morgan fingerprint density at radius 2 is 1.64 bits per heavy atom. The third-order valence-corrected chi connectivity index (χ3v) is 9.03. The first-order valence-corrected chi connectivity index (χ1v) is 14.2. The summed E-state index contributed by atoms with van der Waals surface area (Å²) in [6.07, 6.45) is 5.33. The number of rotatable bonds is 8. The molecule has 3 aromatic rings. The van der Waals surface area contributed by atoms with E-state index in [4.69, 9.17) is 0 Å². The summed E-state index contributed by atoms with van der Waals surface area (Å²) in [6, 6.07) is 18.6. The molecule has 0 bridgehead atoms. The second-order valence-corrected chi connectivity index (χ2v) is 11.7. The SMILES string of the molecule is CC[C@@H](NC(=O)CN(c1cccc(C)c1C)S(=O)(=O)c1ccc(C)cc1)c1ccc2c(c1)CCCC2.